The van der Waals surface area contributed by atoms with E-state index >= 15 is 0 Å². The fourth-order valence-corrected chi connectivity index (χ4v) is 2.76. The Morgan fingerprint density at radius 2 is 1.89 bits per heavy atom. The van der Waals surface area contributed by atoms with E-state index in [1.807, 2.05) is 12.1 Å². The zero-order valence-electron chi connectivity index (χ0n) is 15.3. The summed E-state index contributed by atoms with van der Waals surface area (Å²) in [6.07, 6.45) is 3.96. The molecule has 2 N–H and O–H groups in total. The zero-order chi connectivity index (χ0) is 18.9. The molecule has 0 saturated carbocycles. The van der Waals surface area contributed by atoms with E-state index in [1.54, 1.807) is 30.2 Å². The Bertz CT molecular complexity index is 876. The highest BCUT2D eigenvalue weighted by atomic mass is 19.1. The summed E-state index contributed by atoms with van der Waals surface area (Å²) in [5, 5.41) is 10.7. The van der Waals surface area contributed by atoms with Gasteiger partial charge in [0.2, 0.25) is 0 Å². The van der Waals surface area contributed by atoms with Gasteiger partial charge in [0.1, 0.15) is 18.5 Å². The zero-order valence-corrected chi connectivity index (χ0v) is 15.3. The number of nitrogens with zero attached hydrogens (tertiary/aromatic N) is 4. The van der Waals surface area contributed by atoms with Crippen molar-refractivity contribution in [1.29, 1.82) is 0 Å². The van der Waals surface area contributed by atoms with Crippen molar-refractivity contribution in [2.45, 2.75) is 19.5 Å². The summed E-state index contributed by atoms with van der Waals surface area (Å²) in [6, 6.07) is 15.0. The maximum atomic E-state index is 13.2. The largest absolute Gasteiger partial charge is 0.356 e. The summed E-state index contributed by atoms with van der Waals surface area (Å²) in [7, 11) is 1.73. The number of hydrogen-bond acceptors (Lipinski definition) is 3. The van der Waals surface area contributed by atoms with Crippen LogP contribution in [0.5, 0.6) is 0 Å². The van der Waals surface area contributed by atoms with Crippen molar-refractivity contribution in [2.24, 2.45) is 4.99 Å². The molecule has 27 heavy (non-hydrogen) atoms. The Kier molecular flexibility index (Phi) is 6.51. The van der Waals surface area contributed by atoms with Gasteiger partial charge in [-0.25, -0.2) is 14.1 Å². The standard InChI is InChI=1S/C20H23FN6/c1-22-20(24-9-8-16-4-3-7-19(21)11-16)25-12-17-5-2-6-18(10-17)13-27-15-23-14-26-27/h2-7,10-11,14-15H,8-9,12-13H2,1H3,(H2,22,24,25). The van der Waals surface area contributed by atoms with Gasteiger partial charge in [-0.2, -0.15) is 5.10 Å². The monoisotopic (exact) mass is 366 g/mol. The van der Waals surface area contributed by atoms with Crippen LogP contribution in [0.1, 0.15) is 16.7 Å². The van der Waals surface area contributed by atoms with Gasteiger partial charge in [-0.3, -0.25) is 4.99 Å². The summed E-state index contributed by atoms with van der Waals surface area (Å²) in [5.74, 6) is 0.508. The van der Waals surface area contributed by atoms with Gasteiger partial charge >= 0.3 is 0 Å². The van der Waals surface area contributed by atoms with Crippen LogP contribution in [0.3, 0.4) is 0 Å². The average molecular weight is 366 g/mol. The topological polar surface area (TPSA) is 67.1 Å². The molecule has 0 saturated heterocycles. The number of rotatable bonds is 7. The molecule has 3 rings (SSSR count). The van der Waals surface area contributed by atoms with Gasteiger partial charge in [0, 0.05) is 20.1 Å². The highest BCUT2D eigenvalue weighted by molar-refractivity contribution is 5.79. The molecule has 0 aliphatic heterocycles. The van der Waals surface area contributed by atoms with E-state index in [4.69, 9.17) is 0 Å². The second kappa shape index (κ2) is 9.47. The number of aliphatic imine (C=N–C) groups is 1. The summed E-state index contributed by atoms with van der Waals surface area (Å²) in [4.78, 5) is 8.19. The minimum atomic E-state index is -0.208. The van der Waals surface area contributed by atoms with Crippen LogP contribution in [0, 0.1) is 5.82 Å². The Hall–Kier alpha value is -3.22. The fraction of sp³-hybridized carbons (Fsp3) is 0.250. The maximum absolute atomic E-state index is 13.2. The van der Waals surface area contributed by atoms with Crippen LogP contribution >= 0.6 is 0 Å². The van der Waals surface area contributed by atoms with E-state index in [-0.39, 0.29) is 5.82 Å². The third kappa shape index (κ3) is 5.91. The highest BCUT2D eigenvalue weighted by Gasteiger charge is 2.02. The Labute approximate surface area is 158 Å². The van der Waals surface area contributed by atoms with E-state index in [9.17, 15) is 4.39 Å². The van der Waals surface area contributed by atoms with Gasteiger partial charge in [0.05, 0.1) is 6.54 Å². The Morgan fingerprint density at radius 1 is 1.07 bits per heavy atom. The van der Waals surface area contributed by atoms with Crippen LogP contribution in [0.25, 0.3) is 0 Å². The van der Waals surface area contributed by atoms with Crippen molar-refractivity contribution < 1.29 is 4.39 Å². The summed E-state index contributed by atoms with van der Waals surface area (Å²) in [6.45, 7) is 2.02. The van der Waals surface area contributed by atoms with Crippen LogP contribution in [-0.4, -0.2) is 34.3 Å². The molecular formula is C20H23FN6. The summed E-state index contributed by atoms with van der Waals surface area (Å²) < 4.78 is 15.0. The number of nitrogens with one attached hydrogen (secondary N) is 2. The molecule has 3 aromatic rings. The van der Waals surface area contributed by atoms with Crippen molar-refractivity contribution in [2.75, 3.05) is 13.6 Å². The van der Waals surface area contributed by atoms with Gasteiger partial charge < -0.3 is 10.6 Å². The minimum Gasteiger partial charge on any atom is -0.356 e. The molecule has 0 aliphatic rings. The molecule has 0 amide bonds. The first-order chi connectivity index (χ1) is 13.2. The van der Waals surface area contributed by atoms with Crippen LogP contribution < -0.4 is 10.6 Å². The molecule has 0 atom stereocenters. The first-order valence-electron chi connectivity index (χ1n) is 8.82. The number of hydrogen-bond donors (Lipinski definition) is 2. The van der Waals surface area contributed by atoms with Crippen molar-refractivity contribution in [3.05, 3.63) is 83.7 Å². The molecule has 1 heterocycles. The second-order valence-electron chi connectivity index (χ2n) is 6.15. The van der Waals surface area contributed by atoms with Crippen molar-refractivity contribution in [3.63, 3.8) is 0 Å². The molecular weight excluding hydrogens is 343 g/mol. The minimum absolute atomic E-state index is 0.208. The predicted molar refractivity (Wildman–Crippen MR) is 104 cm³/mol. The van der Waals surface area contributed by atoms with Crippen molar-refractivity contribution in [3.8, 4) is 0 Å². The first-order valence-corrected chi connectivity index (χ1v) is 8.82. The average Bonchev–Trinajstić information content (AvgIpc) is 3.18. The quantitative estimate of drug-likeness (QED) is 0.498. The third-order valence-corrected chi connectivity index (χ3v) is 4.08. The fourth-order valence-electron chi connectivity index (χ4n) is 2.76. The van der Waals surface area contributed by atoms with Gasteiger partial charge in [0.25, 0.3) is 0 Å². The number of aromatic nitrogens is 3. The van der Waals surface area contributed by atoms with E-state index in [0.29, 0.717) is 25.6 Å². The van der Waals surface area contributed by atoms with E-state index in [2.05, 4.69) is 43.9 Å². The smallest absolute Gasteiger partial charge is 0.191 e. The van der Waals surface area contributed by atoms with E-state index in [1.165, 1.54) is 12.4 Å². The lowest BCUT2D eigenvalue weighted by Crippen LogP contribution is -2.37. The lowest BCUT2D eigenvalue weighted by Gasteiger charge is -2.12. The van der Waals surface area contributed by atoms with Gasteiger partial charge in [-0.1, -0.05) is 36.4 Å². The second-order valence-corrected chi connectivity index (χ2v) is 6.15. The molecule has 1 aromatic heterocycles. The van der Waals surface area contributed by atoms with Gasteiger partial charge in [0.15, 0.2) is 5.96 Å². The Balaban J connectivity index is 1.47. The SMILES string of the molecule is CN=C(NCCc1cccc(F)c1)NCc1cccc(Cn2cncn2)c1. The summed E-state index contributed by atoms with van der Waals surface area (Å²) >= 11 is 0. The van der Waals surface area contributed by atoms with Crippen LogP contribution in [-0.2, 0) is 19.5 Å². The molecule has 0 fully saturated rings. The molecule has 140 valence electrons. The summed E-state index contributed by atoms with van der Waals surface area (Å²) in [5.41, 5.74) is 3.27. The molecule has 7 heteroatoms. The maximum Gasteiger partial charge on any atom is 0.191 e. The normalized spacial score (nSPS) is 11.4. The lowest BCUT2D eigenvalue weighted by atomic mass is 10.1. The number of halogens is 1. The predicted octanol–water partition coefficient (Wildman–Crippen LogP) is 2.37. The number of benzene rings is 2. The molecule has 0 bridgehead atoms. The third-order valence-electron chi connectivity index (χ3n) is 4.08. The number of guanidine groups is 1. The molecule has 0 unspecified atom stereocenters. The molecule has 0 radical (unpaired) electrons. The molecule has 0 spiro atoms. The van der Waals surface area contributed by atoms with Crippen LogP contribution in [0.2, 0.25) is 0 Å². The lowest BCUT2D eigenvalue weighted by molar-refractivity contribution is 0.625. The van der Waals surface area contributed by atoms with Crippen LogP contribution in [0.4, 0.5) is 4.39 Å². The van der Waals surface area contributed by atoms with Crippen molar-refractivity contribution in [1.82, 2.24) is 25.4 Å². The van der Waals surface area contributed by atoms with E-state index in [0.717, 1.165) is 23.1 Å². The van der Waals surface area contributed by atoms with Crippen molar-refractivity contribution >= 4 is 5.96 Å². The van der Waals surface area contributed by atoms with E-state index < -0.39 is 0 Å². The first kappa shape index (κ1) is 18.6. The molecule has 2 aromatic carbocycles. The molecule has 6 nitrogen and oxygen atoms in total. The highest BCUT2D eigenvalue weighted by Crippen LogP contribution is 2.07. The van der Waals surface area contributed by atoms with Crippen LogP contribution in [0.15, 0.2) is 66.2 Å². The van der Waals surface area contributed by atoms with Gasteiger partial charge in [-0.05, 0) is 35.2 Å². The van der Waals surface area contributed by atoms with Gasteiger partial charge in [-0.15, -0.1) is 0 Å². The molecule has 0 aliphatic carbocycles. The Morgan fingerprint density at radius 3 is 2.67 bits per heavy atom.